The van der Waals surface area contributed by atoms with Crippen molar-refractivity contribution in [2.75, 3.05) is 32.8 Å². The standard InChI is InChI=1S/C14H20N2O2/c1-2-18-14(17)16-10-8-15(9-11-16)12-13-6-4-3-5-7-13/h3-7H,2,8-12H2,1H3. The van der Waals surface area contributed by atoms with Crippen LogP contribution in [0.3, 0.4) is 0 Å². The lowest BCUT2D eigenvalue weighted by Gasteiger charge is -2.34. The van der Waals surface area contributed by atoms with Crippen molar-refractivity contribution < 1.29 is 9.53 Å². The summed E-state index contributed by atoms with van der Waals surface area (Å²) in [6.07, 6.45) is -0.183. The fourth-order valence-electron chi connectivity index (χ4n) is 2.14. The number of carbonyl (C=O) groups excluding carboxylic acids is 1. The molecule has 18 heavy (non-hydrogen) atoms. The smallest absolute Gasteiger partial charge is 0.409 e. The zero-order chi connectivity index (χ0) is 12.8. The van der Waals surface area contributed by atoms with Crippen molar-refractivity contribution in [2.24, 2.45) is 0 Å². The summed E-state index contributed by atoms with van der Waals surface area (Å²) in [5.74, 6) is 0. The summed E-state index contributed by atoms with van der Waals surface area (Å²) in [6.45, 7) is 6.57. The molecule has 1 aromatic rings. The topological polar surface area (TPSA) is 32.8 Å². The van der Waals surface area contributed by atoms with Gasteiger partial charge in [-0.15, -0.1) is 0 Å². The third kappa shape index (κ3) is 3.47. The first-order valence-corrected chi connectivity index (χ1v) is 6.47. The normalized spacial score (nSPS) is 16.6. The minimum atomic E-state index is -0.183. The molecule has 4 nitrogen and oxygen atoms in total. The molecule has 0 bridgehead atoms. The monoisotopic (exact) mass is 248 g/mol. The molecule has 98 valence electrons. The molecule has 0 saturated carbocycles. The van der Waals surface area contributed by atoms with E-state index in [1.165, 1.54) is 5.56 Å². The van der Waals surface area contributed by atoms with Crippen LogP contribution in [-0.2, 0) is 11.3 Å². The summed E-state index contributed by atoms with van der Waals surface area (Å²) in [5.41, 5.74) is 1.32. The summed E-state index contributed by atoms with van der Waals surface area (Å²) >= 11 is 0. The van der Waals surface area contributed by atoms with Crippen LogP contribution in [0.1, 0.15) is 12.5 Å². The highest BCUT2D eigenvalue weighted by atomic mass is 16.6. The van der Waals surface area contributed by atoms with Gasteiger partial charge in [0.15, 0.2) is 0 Å². The van der Waals surface area contributed by atoms with Crippen molar-refractivity contribution in [1.29, 1.82) is 0 Å². The Morgan fingerprint density at radius 2 is 1.83 bits per heavy atom. The van der Waals surface area contributed by atoms with Crippen molar-refractivity contribution in [3.8, 4) is 0 Å². The van der Waals surface area contributed by atoms with Crippen LogP contribution in [0.4, 0.5) is 4.79 Å². The maximum Gasteiger partial charge on any atom is 0.409 e. The van der Waals surface area contributed by atoms with E-state index in [2.05, 4.69) is 29.2 Å². The number of benzene rings is 1. The molecular weight excluding hydrogens is 228 g/mol. The molecule has 1 aromatic carbocycles. The molecule has 4 heteroatoms. The predicted octanol–water partition coefficient (Wildman–Crippen LogP) is 1.96. The molecule has 1 aliphatic heterocycles. The van der Waals surface area contributed by atoms with Crippen LogP contribution in [-0.4, -0.2) is 48.7 Å². The second-order valence-corrected chi connectivity index (χ2v) is 4.45. The maximum atomic E-state index is 11.5. The van der Waals surface area contributed by atoms with Crippen LogP contribution in [0.5, 0.6) is 0 Å². The number of rotatable bonds is 3. The first-order valence-electron chi connectivity index (χ1n) is 6.47. The third-order valence-electron chi connectivity index (χ3n) is 3.15. The maximum absolute atomic E-state index is 11.5. The first-order chi connectivity index (χ1) is 8.79. The number of amides is 1. The SMILES string of the molecule is CCOC(=O)N1CCN(Cc2ccccc2)CC1. The van der Waals surface area contributed by atoms with E-state index >= 15 is 0 Å². The lowest BCUT2D eigenvalue weighted by molar-refractivity contribution is 0.0778. The minimum Gasteiger partial charge on any atom is -0.450 e. The van der Waals surface area contributed by atoms with Gasteiger partial charge < -0.3 is 9.64 Å². The summed E-state index contributed by atoms with van der Waals surface area (Å²) in [6, 6.07) is 10.4. The van der Waals surface area contributed by atoms with Gasteiger partial charge in [0.2, 0.25) is 0 Å². The van der Waals surface area contributed by atoms with Crippen LogP contribution in [0, 0.1) is 0 Å². The molecular formula is C14H20N2O2. The Morgan fingerprint density at radius 1 is 1.17 bits per heavy atom. The Morgan fingerprint density at radius 3 is 2.44 bits per heavy atom. The van der Waals surface area contributed by atoms with Gasteiger partial charge in [0.1, 0.15) is 0 Å². The fourth-order valence-corrected chi connectivity index (χ4v) is 2.14. The van der Waals surface area contributed by atoms with Gasteiger partial charge in [-0.25, -0.2) is 4.79 Å². The largest absolute Gasteiger partial charge is 0.450 e. The van der Waals surface area contributed by atoms with E-state index in [0.29, 0.717) is 6.61 Å². The molecule has 1 heterocycles. The lowest BCUT2D eigenvalue weighted by atomic mass is 10.2. The van der Waals surface area contributed by atoms with Gasteiger partial charge in [-0.3, -0.25) is 4.90 Å². The second-order valence-electron chi connectivity index (χ2n) is 4.45. The van der Waals surface area contributed by atoms with E-state index in [9.17, 15) is 4.79 Å². The molecule has 0 unspecified atom stereocenters. The molecule has 1 fully saturated rings. The van der Waals surface area contributed by atoms with Crippen LogP contribution >= 0.6 is 0 Å². The van der Waals surface area contributed by atoms with Crippen LogP contribution in [0.25, 0.3) is 0 Å². The number of ether oxygens (including phenoxy) is 1. The van der Waals surface area contributed by atoms with Gasteiger partial charge in [-0.05, 0) is 12.5 Å². The summed E-state index contributed by atoms with van der Waals surface area (Å²) in [7, 11) is 0. The molecule has 0 aromatic heterocycles. The number of hydrogen-bond donors (Lipinski definition) is 0. The predicted molar refractivity (Wildman–Crippen MR) is 70.3 cm³/mol. The van der Waals surface area contributed by atoms with E-state index in [1.54, 1.807) is 4.90 Å². The average Bonchev–Trinajstić information content (AvgIpc) is 2.41. The molecule has 1 saturated heterocycles. The molecule has 0 N–H and O–H groups in total. The Labute approximate surface area is 108 Å². The first kappa shape index (κ1) is 12.9. The number of nitrogens with zero attached hydrogens (tertiary/aromatic N) is 2. The molecule has 0 atom stereocenters. The van der Waals surface area contributed by atoms with Gasteiger partial charge in [0.05, 0.1) is 6.61 Å². The highest BCUT2D eigenvalue weighted by molar-refractivity contribution is 5.67. The zero-order valence-corrected chi connectivity index (χ0v) is 10.8. The van der Waals surface area contributed by atoms with E-state index in [-0.39, 0.29) is 6.09 Å². The van der Waals surface area contributed by atoms with Gasteiger partial charge in [0.25, 0.3) is 0 Å². The quantitative estimate of drug-likeness (QED) is 0.819. The third-order valence-corrected chi connectivity index (χ3v) is 3.15. The molecule has 0 spiro atoms. The summed E-state index contributed by atoms with van der Waals surface area (Å²) in [4.78, 5) is 15.7. The highest BCUT2D eigenvalue weighted by Gasteiger charge is 2.21. The molecule has 2 rings (SSSR count). The van der Waals surface area contributed by atoms with Crippen LogP contribution < -0.4 is 0 Å². The van der Waals surface area contributed by atoms with Crippen molar-refractivity contribution in [3.05, 3.63) is 35.9 Å². The summed E-state index contributed by atoms with van der Waals surface area (Å²) < 4.78 is 5.00. The molecule has 0 radical (unpaired) electrons. The van der Waals surface area contributed by atoms with Crippen molar-refractivity contribution in [3.63, 3.8) is 0 Å². The Balaban J connectivity index is 1.78. The number of hydrogen-bond acceptors (Lipinski definition) is 3. The van der Waals surface area contributed by atoms with Gasteiger partial charge >= 0.3 is 6.09 Å². The summed E-state index contributed by atoms with van der Waals surface area (Å²) in [5, 5.41) is 0. The van der Waals surface area contributed by atoms with E-state index in [4.69, 9.17) is 4.74 Å². The van der Waals surface area contributed by atoms with Crippen LogP contribution in [0.2, 0.25) is 0 Å². The zero-order valence-electron chi connectivity index (χ0n) is 10.8. The van der Waals surface area contributed by atoms with Crippen molar-refractivity contribution >= 4 is 6.09 Å². The van der Waals surface area contributed by atoms with Crippen molar-refractivity contribution in [2.45, 2.75) is 13.5 Å². The second kappa shape index (κ2) is 6.40. The van der Waals surface area contributed by atoms with Crippen LogP contribution in [0.15, 0.2) is 30.3 Å². The Hall–Kier alpha value is -1.55. The molecule has 1 aliphatic rings. The van der Waals surface area contributed by atoms with E-state index in [1.807, 2.05) is 13.0 Å². The number of carbonyl (C=O) groups is 1. The lowest BCUT2D eigenvalue weighted by Crippen LogP contribution is -2.48. The highest BCUT2D eigenvalue weighted by Crippen LogP contribution is 2.09. The van der Waals surface area contributed by atoms with E-state index in [0.717, 1.165) is 32.7 Å². The van der Waals surface area contributed by atoms with E-state index < -0.39 is 0 Å². The van der Waals surface area contributed by atoms with Gasteiger partial charge in [0, 0.05) is 32.7 Å². The van der Waals surface area contributed by atoms with Gasteiger partial charge in [-0.2, -0.15) is 0 Å². The van der Waals surface area contributed by atoms with Gasteiger partial charge in [-0.1, -0.05) is 30.3 Å². The Kier molecular flexibility index (Phi) is 4.59. The minimum absolute atomic E-state index is 0.183. The Bertz CT molecular complexity index is 373. The average molecular weight is 248 g/mol. The molecule has 1 amide bonds. The molecule has 0 aliphatic carbocycles. The number of piperazine rings is 1. The fraction of sp³-hybridized carbons (Fsp3) is 0.500. The van der Waals surface area contributed by atoms with Crippen molar-refractivity contribution in [1.82, 2.24) is 9.80 Å².